The molecule has 2 N–H and O–H groups in total. The molecule has 0 bridgehead atoms. The molecule has 2 rings (SSSR count). The van der Waals surface area contributed by atoms with Gasteiger partial charge in [-0.05, 0) is 55.5 Å². The summed E-state index contributed by atoms with van der Waals surface area (Å²) in [6.07, 6.45) is 0. The molecule has 2 aromatic rings. The largest absolute Gasteiger partial charge is 0.322 e. The summed E-state index contributed by atoms with van der Waals surface area (Å²) in [6, 6.07) is 13.6. The average Bonchev–Trinajstić information content (AvgIpc) is 2.54. The van der Waals surface area contributed by atoms with Gasteiger partial charge in [-0.25, -0.2) is 5.48 Å². The van der Waals surface area contributed by atoms with Crippen LogP contribution >= 0.6 is 15.9 Å². The van der Waals surface area contributed by atoms with Crippen LogP contribution in [0.15, 0.2) is 53.0 Å². The molecule has 0 aliphatic rings. The molecule has 0 aliphatic heterocycles. The van der Waals surface area contributed by atoms with Crippen molar-refractivity contribution in [3.8, 4) is 0 Å². The second-order valence-electron chi connectivity index (χ2n) is 4.40. The van der Waals surface area contributed by atoms with Crippen LogP contribution < -0.4 is 10.8 Å². The first-order valence-electron chi connectivity index (χ1n) is 6.69. The van der Waals surface area contributed by atoms with E-state index in [1.165, 1.54) is 0 Å². The Morgan fingerprint density at radius 3 is 2.09 bits per heavy atom. The molecule has 0 fully saturated rings. The number of hydroxylamine groups is 1. The summed E-state index contributed by atoms with van der Waals surface area (Å²) in [6.45, 7) is 2.17. The van der Waals surface area contributed by atoms with Crippen molar-refractivity contribution in [1.82, 2.24) is 5.48 Å². The number of carbonyl (C=O) groups is 2. The fourth-order valence-electron chi connectivity index (χ4n) is 1.71. The topological polar surface area (TPSA) is 67.4 Å². The normalized spacial score (nSPS) is 10.1. The third-order valence-corrected chi connectivity index (χ3v) is 3.35. The molecule has 114 valence electrons. The van der Waals surface area contributed by atoms with Gasteiger partial charge in [-0.1, -0.05) is 15.9 Å². The summed E-state index contributed by atoms with van der Waals surface area (Å²) >= 11 is 3.32. The zero-order valence-electron chi connectivity index (χ0n) is 11.9. The zero-order chi connectivity index (χ0) is 15.9. The summed E-state index contributed by atoms with van der Waals surface area (Å²) < 4.78 is 0.911. The van der Waals surface area contributed by atoms with Gasteiger partial charge in [0, 0.05) is 21.3 Å². The molecular formula is C16H15BrN2O3. The Bertz CT molecular complexity index is 654. The van der Waals surface area contributed by atoms with Gasteiger partial charge in [0.2, 0.25) is 0 Å². The van der Waals surface area contributed by atoms with Crippen molar-refractivity contribution < 1.29 is 14.4 Å². The van der Waals surface area contributed by atoms with Crippen molar-refractivity contribution >= 4 is 33.4 Å². The van der Waals surface area contributed by atoms with Crippen molar-refractivity contribution in [3.63, 3.8) is 0 Å². The van der Waals surface area contributed by atoms with Gasteiger partial charge in [-0.2, -0.15) is 0 Å². The van der Waals surface area contributed by atoms with Crippen LogP contribution in [0.3, 0.4) is 0 Å². The first kappa shape index (κ1) is 16.2. The molecule has 2 amide bonds. The van der Waals surface area contributed by atoms with E-state index in [0.29, 0.717) is 23.4 Å². The second-order valence-corrected chi connectivity index (χ2v) is 5.32. The van der Waals surface area contributed by atoms with Crippen LogP contribution in [0.25, 0.3) is 0 Å². The third-order valence-electron chi connectivity index (χ3n) is 2.82. The first-order chi connectivity index (χ1) is 10.6. The highest BCUT2D eigenvalue weighted by molar-refractivity contribution is 9.10. The molecule has 6 heteroatoms. The van der Waals surface area contributed by atoms with Crippen LogP contribution in [0.5, 0.6) is 0 Å². The quantitative estimate of drug-likeness (QED) is 0.801. The average molecular weight is 363 g/mol. The fraction of sp³-hybridized carbons (Fsp3) is 0.125. The third kappa shape index (κ3) is 4.41. The minimum atomic E-state index is -0.326. The van der Waals surface area contributed by atoms with E-state index in [9.17, 15) is 9.59 Å². The van der Waals surface area contributed by atoms with Crippen molar-refractivity contribution in [2.45, 2.75) is 6.92 Å². The Labute approximate surface area is 136 Å². The summed E-state index contributed by atoms with van der Waals surface area (Å²) in [7, 11) is 0. The summed E-state index contributed by atoms with van der Waals surface area (Å²) in [5.74, 6) is -0.536. The van der Waals surface area contributed by atoms with Gasteiger partial charge >= 0.3 is 0 Å². The number of nitrogens with one attached hydrogen (secondary N) is 2. The van der Waals surface area contributed by atoms with E-state index in [1.807, 2.05) is 0 Å². The van der Waals surface area contributed by atoms with Gasteiger partial charge in [-0.3, -0.25) is 14.4 Å². The summed E-state index contributed by atoms with van der Waals surface area (Å²) in [5, 5.41) is 2.77. The van der Waals surface area contributed by atoms with Crippen molar-refractivity contribution in [3.05, 3.63) is 64.1 Å². The van der Waals surface area contributed by atoms with Gasteiger partial charge in [0.05, 0.1) is 6.61 Å². The Balaban J connectivity index is 2.00. The predicted molar refractivity (Wildman–Crippen MR) is 87.6 cm³/mol. The lowest BCUT2D eigenvalue weighted by Crippen LogP contribution is -2.23. The van der Waals surface area contributed by atoms with Gasteiger partial charge in [0.1, 0.15) is 0 Å². The highest BCUT2D eigenvalue weighted by Crippen LogP contribution is 2.14. The van der Waals surface area contributed by atoms with E-state index in [0.717, 1.165) is 4.47 Å². The molecule has 0 radical (unpaired) electrons. The molecule has 22 heavy (non-hydrogen) atoms. The number of carbonyl (C=O) groups excluding carboxylic acids is 2. The molecular weight excluding hydrogens is 348 g/mol. The maximum atomic E-state index is 12.1. The molecule has 0 aromatic heterocycles. The van der Waals surface area contributed by atoms with E-state index >= 15 is 0 Å². The number of halogens is 1. The number of rotatable bonds is 5. The molecule has 0 unspecified atom stereocenters. The predicted octanol–water partition coefficient (Wildman–Crippen LogP) is 3.38. The Morgan fingerprint density at radius 2 is 1.50 bits per heavy atom. The molecule has 0 heterocycles. The lowest BCUT2D eigenvalue weighted by atomic mass is 10.2. The molecule has 5 nitrogen and oxygen atoms in total. The highest BCUT2D eigenvalue weighted by atomic mass is 79.9. The molecule has 0 saturated carbocycles. The fourth-order valence-corrected chi connectivity index (χ4v) is 1.97. The van der Waals surface area contributed by atoms with Gasteiger partial charge in [0.15, 0.2) is 0 Å². The minimum absolute atomic E-state index is 0.209. The van der Waals surface area contributed by atoms with Crippen LogP contribution in [0, 0.1) is 0 Å². The van der Waals surface area contributed by atoms with Crippen LogP contribution in [0.2, 0.25) is 0 Å². The Kier molecular flexibility index (Phi) is 5.68. The molecule has 0 aliphatic carbocycles. The monoisotopic (exact) mass is 362 g/mol. The smallest absolute Gasteiger partial charge is 0.274 e. The maximum Gasteiger partial charge on any atom is 0.274 e. The second kappa shape index (κ2) is 7.72. The van der Waals surface area contributed by atoms with E-state index in [4.69, 9.17) is 4.84 Å². The van der Waals surface area contributed by atoms with Crippen molar-refractivity contribution in [1.29, 1.82) is 0 Å². The highest BCUT2D eigenvalue weighted by Gasteiger charge is 2.08. The van der Waals surface area contributed by atoms with Gasteiger partial charge in [-0.15, -0.1) is 0 Å². The Morgan fingerprint density at radius 1 is 0.955 bits per heavy atom. The maximum absolute atomic E-state index is 12.1. The van der Waals surface area contributed by atoms with E-state index in [1.54, 1.807) is 55.5 Å². The van der Waals surface area contributed by atoms with Gasteiger partial charge in [0.25, 0.3) is 11.8 Å². The summed E-state index contributed by atoms with van der Waals surface area (Å²) in [4.78, 5) is 28.6. The Hall–Kier alpha value is -2.18. The zero-order valence-corrected chi connectivity index (χ0v) is 13.5. The number of hydrogen-bond acceptors (Lipinski definition) is 3. The SMILES string of the molecule is CCONC(=O)c1ccc(NC(=O)c2ccc(Br)cc2)cc1. The molecule has 0 atom stereocenters. The molecule has 0 saturated heterocycles. The van der Waals surface area contributed by atoms with E-state index < -0.39 is 0 Å². The lowest BCUT2D eigenvalue weighted by molar-refractivity contribution is 0.0364. The minimum Gasteiger partial charge on any atom is -0.322 e. The van der Waals surface area contributed by atoms with Crippen LogP contribution in [-0.2, 0) is 4.84 Å². The number of hydrogen-bond donors (Lipinski definition) is 2. The lowest BCUT2D eigenvalue weighted by Gasteiger charge is -2.07. The van der Waals surface area contributed by atoms with Gasteiger partial charge < -0.3 is 5.32 Å². The van der Waals surface area contributed by atoms with E-state index in [-0.39, 0.29) is 11.8 Å². The number of anilines is 1. The standard InChI is InChI=1S/C16H15BrN2O3/c1-2-22-19-16(21)12-5-9-14(10-6-12)18-15(20)11-3-7-13(17)8-4-11/h3-10H,2H2,1H3,(H,18,20)(H,19,21). The van der Waals surface area contributed by atoms with Crippen LogP contribution in [0.4, 0.5) is 5.69 Å². The van der Waals surface area contributed by atoms with E-state index in [2.05, 4.69) is 26.7 Å². The molecule has 0 spiro atoms. The molecule has 2 aromatic carbocycles. The van der Waals surface area contributed by atoms with Crippen LogP contribution in [0.1, 0.15) is 27.6 Å². The number of amides is 2. The number of benzene rings is 2. The van der Waals surface area contributed by atoms with Crippen LogP contribution in [-0.4, -0.2) is 18.4 Å². The first-order valence-corrected chi connectivity index (χ1v) is 7.48. The van der Waals surface area contributed by atoms with Crippen molar-refractivity contribution in [2.24, 2.45) is 0 Å². The summed E-state index contributed by atoms with van der Waals surface area (Å²) in [5.41, 5.74) is 3.93. The van der Waals surface area contributed by atoms with Crippen molar-refractivity contribution in [2.75, 3.05) is 11.9 Å².